The molecule has 7 heteroatoms. The lowest BCUT2D eigenvalue weighted by atomic mass is 9.96. The number of sulfone groups is 1. The van der Waals surface area contributed by atoms with Gasteiger partial charge in [-0.25, -0.2) is 17.2 Å². The minimum Gasteiger partial charge on any atom is -0.224 e. The van der Waals surface area contributed by atoms with Crippen LogP contribution in [0.15, 0.2) is 56.3 Å². The molecule has 0 N–H and O–H groups in total. The molecule has 2 aromatic carbocycles. The fourth-order valence-corrected chi connectivity index (χ4v) is 4.81. The number of hydrogen-bond acceptors (Lipinski definition) is 2. The molecule has 25 heavy (non-hydrogen) atoms. The number of rotatable bonds is 3. The standard InChI is InChI=1S/C18H12Br2F2O2S/c1-25(23,24)18-9-16(21)15(8-17(18)22)14-4-2-3-13(14)10-5-11(19)7-12(20)6-10/h2-3,5-9H,4H2,1H3. The van der Waals surface area contributed by atoms with Gasteiger partial charge in [-0.05, 0) is 53.5 Å². The second kappa shape index (κ2) is 6.78. The van der Waals surface area contributed by atoms with E-state index in [-0.39, 0.29) is 5.56 Å². The van der Waals surface area contributed by atoms with Crippen LogP contribution in [0, 0.1) is 11.6 Å². The highest BCUT2D eigenvalue weighted by atomic mass is 79.9. The van der Waals surface area contributed by atoms with Crippen molar-refractivity contribution in [3.63, 3.8) is 0 Å². The van der Waals surface area contributed by atoms with E-state index in [2.05, 4.69) is 31.9 Å². The Balaban J connectivity index is 2.20. The van der Waals surface area contributed by atoms with Gasteiger partial charge >= 0.3 is 0 Å². The predicted molar refractivity (Wildman–Crippen MR) is 102 cm³/mol. The van der Waals surface area contributed by atoms with Crippen LogP contribution >= 0.6 is 31.9 Å². The zero-order chi connectivity index (χ0) is 18.4. The third-order valence-electron chi connectivity index (χ3n) is 3.85. The van der Waals surface area contributed by atoms with Crippen LogP contribution in [0.25, 0.3) is 11.1 Å². The second-order valence-electron chi connectivity index (χ2n) is 5.69. The molecular formula is C18H12Br2F2O2S. The zero-order valence-electron chi connectivity index (χ0n) is 13.0. The highest BCUT2D eigenvalue weighted by Crippen LogP contribution is 2.38. The van der Waals surface area contributed by atoms with Crippen LogP contribution in [0.1, 0.15) is 17.5 Å². The summed E-state index contributed by atoms with van der Waals surface area (Å²) in [7, 11) is -3.83. The average molecular weight is 490 g/mol. The Kier molecular flexibility index (Phi) is 5.01. The molecule has 0 unspecified atom stereocenters. The molecule has 1 aliphatic rings. The highest BCUT2D eigenvalue weighted by molar-refractivity contribution is 9.11. The fraction of sp³-hybridized carbons (Fsp3) is 0.111. The maximum absolute atomic E-state index is 14.5. The van der Waals surface area contributed by atoms with Crippen LogP contribution in [0.5, 0.6) is 0 Å². The maximum atomic E-state index is 14.5. The van der Waals surface area contributed by atoms with Crippen molar-refractivity contribution in [3.8, 4) is 0 Å². The van der Waals surface area contributed by atoms with Crippen LogP contribution in [0.2, 0.25) is 0 Å². The quantitative estimate of drug-likeness (QED) is 0.548. The van der Waals surface area contributed by atoms with Crippen molar-refractivity contribution in [2.75, 3.05) is 6.26 Å². The van der Waals surface area contributed by atoms with Crippen molar-refractivity contribution in [1.82, 2.24) is 0 Å². The minimum absolute atomic E-state index is 0.0704. The Labute approximate surface area is 161 Å². The molecule has 2 nitrogen and oxygen atoms in total. The summed E-state index contributed by atoms with van der Waals surface area (Å²) in [5.41, 5.74) is 2.30. The largest absolute Gasteiger partial charge is 0.224 e. The van der Waals surface area contributed by atoms with E-state index in [9.17, 15) is 17.2 Å². The van der Waals surface area contributed by atoms with Crippen LogP contribution in [-0.4, -0.2) is 14.7 Å². The number of allylic oxidation sites excluding steroid dienone is 4. The molecular weight excluding hydrogens is 478 g/mol. The zero-order valence-corrected chi connectivity index (χ0v) is 17.0. The average Bonchev–Trinajstić information content (AvgIpc) is 2.96. The lowest BCUT2D eigenvalue weighted by molar-refractivity contribution is 0.554. The van der Waals surface area contributed by atoms with E-state index in [1.807, 2.05) is 30.4 Å². The van der Waals surface area contributed by atoms with Crippen molar-refractivity contribution in [1.29, 1.82) is 0 Å². The van der Waals surface area contributed by atoms with Gasteiger partial charge < -0.3 is 0 Å². The summed E-state index contributed by atoms with van der Waals surface area (Å²) >= 11 is 6.83. The molecule has 0 aliphatic heterocycles. The fourth-order valence-electron chi connectivity index (χ4n) is 2.78. The molecule has 0 heterocycles. The summed E-state index contributed by atoms with van der Waals surface area (Å²) in [4.78, 5) is -0.632. The van der Waals surface area contributed by atoms with E-state index in [1.165, 1.54) is 0 Å². The van der Waals surface area contributed by atoms with Gasteiger partial charge in [-0.2, -0.15) is 0 Å². The first-order valence-corrected chi connectivity index (χ1v) is 10.7. The van der Waals surface area contributed by atoms with Gasteiger partial charge in [-0.1, -0.05) is 44.0 Å². The maximum Gasteiger partial charge on any atom is 0.178 e. The smallest absolute Gasteiger partial charge is 0.178 e. The third kappa shape index (κ3) is 3.78. The van der Waals surface area contributed by atoms with Gasteiger partial charge in [0.15, 0.2) is 9.84 Å². The molecule has 0 saturated carbocycles. The first-order chi connectivity index (χ1) is 11.7. The van der Waals surface area contributed by atoms with E-state index < -0.39 is 26.4 Å². The third-order valence-corrected chi connectivity index (χ3v) is 5.88. The van der Waals surface area contributed by atoms with Crippen LogP contribution in [0.4, 0.5) is 8.78 Å². The van der Waals surface area contributed by atoms with Gasteiger partial charge in [0.05, 0.1) is 0 Å². The van der Waals surface area contributed by atoms with Gasteiger partial charge in [0.2, 0.25) is 0 Å². The molecule has 2 aromatic rings. The highest BCUT2D eigenvalue weighted by Gasteiger charge is 2.22. The van der Waals surface area contributed by atoms with Crippen molar-refractivity contribution in [2.45, 2.75) is 11.3 Å². The molecule has 0 radical (unpaired) electrons. The lowest BCUT2D eigenvalue weighted by Crippen LogP contribution is -2.04. The molecule has 0 amide bonds. The first kappa shape index (κ1) is 18.5. The van der Waals surface area contributed by atoms with Gasteiger partial charge in [0.25, 0.3) is 0 Å². The first-order valence-electron chi connectivity index (χ1n) is 7.22. The molecule has 0 saturated heterocycles. The van der Waals surface area contributed by atoms with E-state index >= 15 is 0 Å². The Morgan fingerprint density at radius 1 is 0.960 bits per heavy atom. The SMILES string of the molecule is CS(=O)(=O)c1cc(F)c(C2=C(c3cc(Br)cc(Br)c3)C=CC2)cc1F. The lowest BCUT2D eigenvalue weighted by Gasteiger charge is -2.12. The van der Waals surface area contributed by atoms with Crippen molar-refractivity contribution in [2.24, 2.45) is 0 Å². The van der Waals surface area contributed by atoms with E-state index in [4.69, 9.17) is 0 Å². The summed E-state index contributed by atoms with van der Waals surface area (Å²) in [6.45, 7) is 0. The minimum atomic E-state index is -3.83. The Bertz CT molecular complexity index is 1020. The molecule has 1 aliphatic carbocycles. The molecule has 3 rings (SSSR count). The topological polar surface area (TPSA) is 34.1 Å². The molecule has 0 fully saturated rings. The Hall–Kier alpha value is -1.31. The number of hydrogen-bond donors (Lipinski definition) is 0. The Morgan fingerprint density at radius 2 is 1.60 bits per heavy atom. The van der Waals surface area contributed by atoms with Gasteiger partial charge in [-0.3, -0.25) is 0 Å². The van der Waals surface area contributed by atoms with Gasteiger partial charge in [0.1, 0.15) is 16.5 Å². The summed E-state index contributed by atoms with van der Waals surface area (Å²) in [6, 6.07) is 7.36. The van der Waals surface area contributed by atoms with E-state index in [1.54, 1.807) is 0 Å². The predicted octanol–water partition coefficient (Wildman–Crippen LogP) is 5.76. The second-order valence-corrected chi connectivity index (χ2v) is 9.51. The summed E-state index contributed by atoms with van der Waals surface area (Å²) in [6.07, 6.45) is 5.01. The number of benzene rings is 2. The van der Waals surface area contributed by atoms with Crippen LogP contribution in [0.3, 0.4) is 0 Å². The molecule has 0 aromatic heterocycles. The molecule has 0 spiro atoms. The number of halogens is 4. The summed E-state index contributed by atoms with van der Waals surface area (Å²) in [5, 5.41) is 0. The van der Waals surface area contributed by atoms with E-state index in [0.29, 0.717) is 12.0 Å². The monoisotopic (exact) mass is 488 g/mol. The normalized spacial score (nSPS) is 14.4. The molecule has 0 atom stereocenters. The van der Waals surface area contributed by atoms with Crippen molar-refractivity contribution >= 4 is 52.8 Å². The summed E-state index contributed by atoms with van der Waals surface area (Å²) < 4.78 is 53.6. The van der Waals surface area contributed by atoms with Crippen LogP contribution < -0.4 is 0 Å². The molecule has 0 bridgehead atoms. The Morgan fingerprint density at radius 3 is 2.20 bits per heavy atom. The van der Waals surface area contributed by atoms with Crippen molar-refractivity contribution < 1.29 is 17.2 Å². The molecule has 130 valence electrons. The van der Waals surface area contributed by atoms with Gasteiger partial charge in [0, 0.05) is 20.8 Å². The van der Waals surface area contributed by atoms with E-state index in [0.717, 1.165) is 38.5 Å². The van der Waals surface area contributed by atoms with Crippen LogP contribution in [-0.2, 0) is 9.84 Å². The van der Waals surface area contributed by atoms with Crippen molar-refractivity contribution in [3.05, 3.63) is 74.2 Å². The summed E-state index contributed by atoms with van der Waals surface area (Å²) in [5.74, 6) is -1.71. The van der Waals surface area contributed by atoms with Gasteiger partial charge in [-0.15, -0.1) is 0 Å².